The molecule has 0 bridgehead atoms. The lowest BCUT2D eigenvalue weighted by molar-refractivity contribution is -0.138. The van der Waals surface area contributed by atoms with Crippen LogP contribution in [0.4, 0.5) is 49.1 Å². The van der Waals surface area contributed by atoms with Crippen molar-refractivity contribution >= 4 is 46.0 Å². The van der Waals surface area contributed by atoms with E-state index in [9.17, 15) is 26.3 Å². The Labute approximate surface area is 256 Å². The zero-order valence-corrected chi connectivity index (χ0v) is 23.6. The van der Waals surface area contributed by atoms with E-state index in [1.54, 1.807) is 24.3 Å². The Bertz CT molecular complexity index is 1510. The number of nitrogens with two attached hydrogens (primary N) is 1. The van der Waals surface area contributed by atoms with Crippen LogP contribution in [0.2, 0.25) is 10.0 Å². The molecule has 12 heteroatoms. The van der Waals surface area contributed by atoms with Crippen LogP contribution < -0.4 is 21.3 Å². The van der Waals surface area contributed by atoms with E-state index in [0.29, 0.717) is 34.5 Å². The summed E-state index contributed by atoms with van der Waals surface area (Å²) < 4.78 is 75.8. The van der Waals surface area contributed by atoms with Crippen molar-refractivity contribution in [3.63, 3.8) is 0 Å². The lowest BCUT2D eigenvalue weighted by Gasteiger charge is -2.24. The van der Waals surface area contributed by atoms with Gasteiger partial charge >= 0.3 is 12.4 Å². The van der Waals surface area contributed by atoms with Crippen molar-refractivity contribution < 1.29 is 26.3 Å². The second kappa shape index (κ2) is 13.7. The predicted molar refractivity (Wildman–Crippen MR) is 164 cm³/mol. The predicted octanol–water partition coefficient (Wildman–Crippen LogP) is 10.3. The van der Waals surface area contributed by atoms with Gasteiger partial charge in [0.05, 0.1) is 40.0 Å². The van der Waals surface area contributed by atoms with Gasteiger partial charge in [0.25, 0.3) is 0 Å². The highest BCUT2D eigenvalue weighted by molar-refractivity contribution is 6.30. The maximum absolute atomic E-state index is 12.8. The first-order chi connectivity index (χ1) is 19.7. The number of fused-ring (bicyclic) bond motifs is 1. The van der Waals surface area contributed by atoms with E-state index in [0.717, 1.165) is 41.1 Å². The van der Waals surface area contributed by atoms with Gasteiger partial charge in [-0.15, -0.1) is 0 Å². The van der Waals surface area contributed by atoms with E-state index in [2.05, 4.69) is 10.6 Å². The number of benzene rings is 4. The molecule has 0 radical (unpaired) electrons. The lowest BCUT2D eigenvalue weighted by atomic mass is 10.1. The van der Waals surface area contributed by atoms with Crippen LogP contribution in [-0.2, 0) is 25.4 Å². The van der Waals surface area contributed by atoms with Gasteiger partial charge in [0.2, 0.25) is 0 Å². The highest BCUT2D eigenvalue weighted by atomic mass is 35.5. The Morgan fingerprint density at radius 1 is 0.767 bits per heavy atom. The van der Waals surface area contributed by atoms with Gasteiger partial charge in [-0.2, -0.15) is 26.3 Å². The normalized spacial score (nSPS) is 14.2. The summed E-state index contributed by atoms with van der Waals surface area (Å²) in [6.07, 6.45) is -8.79. The fourth-order valence-corrected chi connectivity index (χ4v) is 4.55. The van der Waals surface area contributed by atoms with Crippen LogP contribution in [0.3, 0.4) is 0 Å². The summed E-state index contributed by atoms with van der Waals surface area (Å²) in [6.45, 7) is 2.97. The molecule has 1 aliphatic heterocycles. The molecule has 4 N–H and O–H groups in total. The van der Waals surface area contributed by atoms with Crippen molar-refractivity contribution in [3.8, 4) is 0 Å². The van der Waals surface area contributed by atoms with E-state index in [1.165, 1.54) is 12.1 Å². The van der Waals surface area contributed by atoms with Crippen LogP contribution in [0.15, 0.2) is 84.9 Å². The molecule has 0 saturated carbocycles. The third-order valence-corrected chi connectivity index (χ3v) is 7.01. The Morgan fingerprint density at radius 2 is 1.28 bits per heavy atom. The van der Waals surface area contributed by atoms with Gasteiger partial charge < -0.3 is 21.3 Å². The topological polar surface area (TPSA) is 53.3 Å². The molecule has 0 spiro atoms. The molecule has 4 aromatic rings. The molecule has 4 aromatic carbocycles. The van der Waals surface area contributed by atoms with E-state index < -0.39 is 23.5 Å². The fraction of sp³-hybridized carbons (Fsp3) is 0.226. The van der Waals surface area contributed by atoms with Crippen molar-refractivity contribution in [2.45, 2.75) is 46.0 Å². The number of alkyl halides is 6. The molecule has 1 atom stereocenters. The number of nitrogen functional groups attached to an aromatic ring is 1. The molecule has 230 valence electrons. The minimum atomic E-state index is -4.39. The van der Waals surface area contributed by atoms with Crippen LogP contribution in [0.1, 0.15) is 36.6 Å². The molecular formula is C31H30Cl2F6N4. The van der Waals surface area contributed by atoms with Crippen molar-refractivity contribution in [2.24, 2.45) is 0 Å². The SMILES string of the molecule is C.CC1Nc2cc(C(F)(F)F)ccc2N1Cc1ccc(Cl)cc1.Nc1cc(C(F)(F)F)ccc1NCc1ccc(Cl)cc1. The molecule has 1 aliphatic rings. The Balaban J connectivity index is 0.000000231. The van der Waals surface area contributed by atoms with Crippen molar-refractivity contribution in [2.75, 3.05) is 21.3 Å². The summed E-state index contributed by atoms with van der Waals surface area (Å²) >= 11 is 11.6. The Morgan fingerprint density at radius 3 is 1.81 bits per heavy atom. The molecule has 0 aliphatic carbocycles. The summed E-state index contributed by atoms with van der Waals surface area (Å²) in [5, 5.41) is 7.37. The lowest BCUT2D eigenvalue weighted by Crippen LogP contribution is -2.32. The van der Waals surface area contributed by atoms with Gasteiger partial charge in [0.1, 0.15) is 0 Å². The number of halogens is 8. The van der Waals surface area contributed by atoms with Crippen molar-refractivity contribution in [1.29, 1.82) is 0 Å². The van der Waals surface area contributed by atoms with Gasteiger partial charge in [-0.3, -0.25) is 0 Å². The molecule has 1 unspecified atom stereocenters. The quantitative estimate of drug-likeness (QED) is 0.150. The molecule has 0 fully saturated rings. The number of anilines is 4. The van der Waals surface area contributed by atoms with Crippen LogP contribution in [0.5, 0.6) is 0 Å². The van der Waals surface area contributed by atoms with Gasteiger partial charge in [-0.05, 0) is 78.7 Å². The fourth-order valence-electron chi connectivity index (χ4n) is 4.30. The second-order valence-electron chi connectivity index (χ2n) is 9.58. The average Bonchev–Trinajstić information content (AvgIpc) is 3.23. The number of nitrogens with zero attached hydrogens (tertiary/aromatic N) is 1. The van der Waals surface area contributed by atoms with Crippen LogP contribution >= 0.6 is 23.2 Å². The smallest absolute Gasteiger partial charge is 0.397 e. The molecule has 4 nitrogen and oxygen atoms in total. The molecule has 0 aromatic heterocycles. The Hall–Kier alpha value is -3.76. The summed E-state index contributed by atoms with van der Waals surface area (Å²) in [5.41, 5.74) is 8.04. The summed E-state index contributed by atoms with van der Waals surface area (Å²) in [6, 6.07) is 21.6. The van der Waals surface area contributed by atoms with Crippen LogP contribution in [0, 0.1) is 0 Å². The minimum Gasteiger partial charge on any atom is -0.397 e. The van der Waals surface area contributed by atoms with E-state index in [-0.39, 0.29) is 19.3 Å². The first-order valence-corrected chi connectivity index (χ1v) is 13.4. The zero-order chi connectivity index (χ0) is 30.7. The van der Waals surface area contributed by atoms with E-state index in [1.807, 2.05) is 36.1 Å². The maximum Gasteiger partial charge on any atom is 0.416 e. The van der Waals surface area contributed by atoms with Gasteiger partial charge in [-0.25, -0.2) is 0 Å². The van der Waals surface area contributed by atoms with Crippen LogP contribution in [-0.4, -0.2) is 6.17 Å². The van der Waals surface area contributed by atoms with Gasteiger partial charge in [0.15, 0.2) is 0 Å². The minimum absolute atomic E-state index is 0. The summed E-state index contributed by atoms with van der Waals surface area (Å²) in [7, 11) is 0. The Kier molecular flexibility index (Phi) is 10.7. The largest absolute Gasteiger partial charge is 0.416 e. The van der Waals surface area contributed by atoms with Crippen molar-refractivity contribution in [1.82, 2.24) is 0 Å². The number of rotatable bonds is 5. The van der Waals surface area contributed by atoms with Gasteiger partial charge in [-0.1, -0.05) is 54.9 Å². The summed E-state index contributed by atoms with van der Waals surface area (Å²) in [5.74, 6) is 0. The van der Waals surface area contributed by atoms with Crippen molar-refractivity contribution in [3.05, 3.63) is 117 Å². The third kappa shape index (κ3) is 8.87. The van der Waals surface area contributed by atoms with E-state index >= 15 is 0 Å². The molecule has 0 saturated heterocycles. The standard InChI is InChI=1S/C16H14ClF3N2.C14H12ClF3N2.CH4/c1-10-21-14-8-12(16(18,19)20)4-7-15(14)22(10)9-11-2-5-13(17)6-3-11;15-11-4-1-9(2-5-11)8-20-13-6-3-10(7-12(13)19)14(16,17)18;/h2-8,10,21H,9H2,1H3;1-7,20H,8,19H2;1H4. The first-order valence-electron chi connectivity index (χ1n) is 12.6. The highest BCUT2D eigenvalue weighted by Crippen LogP contribution is 2.40. The van der Waals surface area contributed by atoms with Gasteiger partial charge in [0, 0.05) is 23.1 Å². The van der Waals surface area contributed by atoms with E-state index in [4.69, 9.17) is 28.9 Å². The molecule has 0 amide bonds. The molecule has 5 rings (SSSR count). The number of hydrogen-bond donors (Lipinski definition) is 3. The average molecular weight is 644 g/mol. The second-order valence-corrected chi connectivity index (χ2v) is 10.5. The highest BCUT2D eigenvalue weighted by Gasteiger charge is 2.34. The van der Waals surface area contributed by atoms with Crippen LogP contribution in [0.25, 0.3) is 0 Å². The molecule has 43 heavy (non-hydrogen) atoms. The monoisotopic (exact) mass is 642 g/mol. The first kappa shape index (κ1) is 33.7. The number of nitrogens with one attached hydrogen (secondary N) is 2. The molecular weight excluding hydrogens is 613 g/mol. The third-order valence-electron chi connectivity index (χ3n) is 6.51. The number of hydrogen-bond acceptors (Lipinski definition) is 4. The molecule has 1 heterocycles. The maximum atomic E-state index is 12.8. The zero-order valence-electron chi connectivity index (χ0n) is 22.1. The summed E-state index contributed by atoms with van der Waals surface area (Å²) in [4.78, 5) is 2.03.